The molecular formula is C24H18N4. The number of benzene rings is 2. The molecular weight excluding hydrogens is 344 g/mol. The molecule has 4 heteroatoms. The number of hydrogen-bond acceptors (Lipinski definition) is 3. The molecule has 0 aliphatic carbocycles. The van der Waals surface area contributed by atoms with Crippen molar-refractivity contribution in [1.82, 2.24) is 19.7 Å². The fraction of sp³-hybridized carbons (Fsp3) is 0.0417. The first-order valence-corrected chi connectivity index (χ1v) is 9.24. The van der Waals surface area contributed by atoms with Crippen LogP contribution in [0.15, 0.2) is 97.6 Å². The summed E-state index contributed by atoms with van der Waals surface area (Å²) in [6.07, 6.45) is 7.64. The minimum atomic E-state index is 0.660. The molecule has 2 aromatic carbocycles. The summed E-state index contributed by atoms with van der Waals surface area (Å²) in [5.74, 6) is 0. The van der Waals surface area contributed by atoms with Crippen LogP contribution in [0.25, 0.3) is 33.2 Å². The van der Waals surface area contributed by atoms with Crippen LogP contribution in [0.2, 0.25) is 0 Å². The first-order valence-electron chi connectivity index (χ1n) is 9.24. The van der Waals surface area contributed by atoms with E-state index in [0.29, 0.717) is 6.54 Å². The van der Waals surface area contributed by atoms with E-state index in [0.717, 1.165) is 33.5 Å². The average Bonchev–Trinajstić information content (AvgIpc) is 3.23. The standard InChI is InChI=1S/C24H18N4/c1-2-10-22-20(6-1)15-25-16-23(22)18-7-5-8-19(14-18)24-11-13-28(27-24)17-21-9-3-4-12-26-21/h1-16H,17H2. The van der Waals surface area contributed by atoms with Crippen molar-refractivity contribution in [3.05, 3.63) is 103 Å². The van der Waals surface area contributed by atoms with Gasteiger partial charge in [0, 0.05) is 41.3 Å². The van der Waals surface area contributed by atoms with Crippen molar-refractivity contribution in [2.45, 2.75) is 6.54 Å². The zero-order chi connectivity index (χ0) is 18.8. The Morgan fingerprint density at radius 3 is 2.61 bits per heavy atom. The minimum absolute atomic E-state index is 0.660. The normalized spacial score (nSPS) is 11.0. The molecule has 0 saturated heterocycles. The summed E-state index contributed by atoms with van der Waals surface area (Å²) < 4.78 is 1.92. The lowest BCUT2D eigenvalue weighted by atomic mass is 9.99. The van der Waals surface area contributed by atoms with Crippen LogP contribution in [-0.2, 0) is 6.54 Å². The first-order chi connectivity index (χ1) is 13.9. The zero-order valence-electron chi connectivity index (χ0n) is 15.2. The SMILES string of the molecule is c1ccc(Cn2ccc(-c3cccc(-c4cncc5ccccc45)c3)n2)nc1. The lowest BCUT2D eigenvalue weighted by Gasteiger charge is -2.07. The summed E-state index contributed by atoms with van der Waals surface area (Å²) in [7, 11) is 0. The van der Waals surface area contributed by atoms with Crippen LogP contribution in [0.3, 0.4) is 0 Å². The number of hydrogen-bond donors (Lipinski definition) is 0. The summed E-state index contributed by atoms with van der Waals surface area (Å²) in [6.45, 7) is 0.660. The van der Waals surface area contributed by atoms with E-state index in [1.54, 1.807) is 6.20 Å². The summed E-state index contributed by atoms with van der Waals surface area (Å²) in [5, 5.41) is 7.08. The van der Waals surface area contributed by atoms with Gasteiger partial charge in [-0.3, -0.25) is 14.6 Å². The number of fused-ring (bicyclic) bond motifs is 1. The fourth-order valence-electron chi connectivity index (χ4n) is 3.45. The van der Waals surface area contributed by atoms with E-state index >= 15 is 0 Å². The molecule has 5 rings (SSSR count). The Morgan fingerprint density at radius 1 is 0.786 bits per heavy atom. The molecule has 0 amide bonds. The Labute approximate surface area is 163 Å². The van der Waals surface area contributed by atoms with Gasteiger partial charge in [0.05, 0.1) is 17.9 Å². The highest BCUT2D eigenvalue weighted by atomic mass is 15.3. The third-order valence-corrected chi connectivity index (χ3v) is 4.83. The van der Waals surface area contributed by atoms with Gasteiger partial charge >= 0.3 is 0 Å². The van der Waals surface area contributed by atoms with Gasteiger partial charge in [0.1, 0.15) is 0 Å². The van der Waals surface area contributed by atoms with Crippen molar-refractivity contribution in [2.75, 3.05) is 0 Å². The van der Waals surface area contributed by atoms with Crippen LogP contribution < -0.4 is 0 Å². The molecule has 0 bridgehead atoms. The molecule has 0 spiro atoms. The van der Waals surface area contributed by atoms with Crippen molar-refractivity contribution in [2.24, 2.45) is 0 Å². The van der Waals surface area contributed by atoms with Crippen molar-refractivity contribution >= 4 is 10.8 Å². The number of nitrogens with zero attached hydrogens (tertiary/aromatic N) is 4. The monoisotopic (exact) mass is 362 g/mol. The van der Waals surface area contributed by atoms with E-state index in [9.17, 15) is 0 Å². The van der Waals surface area contributed by atoms with E-state index in [4.69, 9.17) is 5.10 Å². The van der Waals surface area contributed by atoms with Gasteiger partial charge in [-0.1, -0.05) is 48.5 Å². The van der Waals surface area contributed by atoms with Crippen LogP contribution in [0.4, 0.5) is 0 Å². The maximum absolute atomic E-state index is 4.73. The molecule has 0 aliphatic rings. The van der Waals surface area contributed by atoms with Crippen LogP contribution in [0, 0.1) is 0 Å². The molecule has 0 saturated carbocycles. The van der Waals surface area contributed by atoms with E-state index in [2.05, 4.69) is 52.4 Å². The predicted molar refractivity (Wildman–Crippen MR) is 112 cm³/mol. The van der Waals surface area contributed by atoms with Crippen LogP contribution in [0.5, 0.6) is 0 Å². The molecule has 28 heavy (non-hydrogen) atoms. The third kappa shape index (κ3) is 3.16. The Bertz CT molecular complexity index is 1240. The molecule has 0 aliphatic heterocycles. The summed E-state index contributed by atoms with van der Waals surface area (Å²) in [5.41, 5.74) is 5.30. The molecule has 3 heterocycles. The average molecular weight is 362 g/mol. The second kappa shape index (κ2) is 7.08. The lowest BCUT2D eigenvalue weighted by Crippen LogP contribution is -2.01. The molecule has 0 unspecified atom stereocenters. The van der Waals surface area contributed by atoms with E-state index in [1.165, 1.54) is 5.39 Å². The van der Waals surface area contributed by atoms with Gasteiger partial charge in [-0.25, -0.2) is 0 Å². The molecule has 134 valence electrons. The first kappa shape index (κ1) is 16.4. The second-order valence-electron chi connectivity index (χ2n) is 6.71. The van der Waals surface area contributed by atoms with E-state index in [-0.39, 0.29) is 0 Å². The Hall–Kier alpha value is -3.79. The molecule has 3 aromatic heterocycles. The predicted octanol–water partition coefficient (Wildman–Crippen LogP) is 5.21. The maximum Gasteiger partial charge on any atom is 0.0923 e. The molecule has 0 atom stereocenters. The van der Waals surface area contributed by atoms with Crippen molar-refractivity contribution in [1.29, 1.82) is 0 Å². The van der Waals surface area contributed by atoms with Crippen LogP contribution in [0.1, 0.15) is 5.69 Å². The second-order valence-corrected chi connectivity index (χ2v) is 6.71. The number of pyridine rings is 2. The Kier molecular flexibility index (Phi) is 4.14. The van der Waals surface area contributed by atoms with Gasteiger partial charge in [-0.05, 0) is 35.2 Å². The smallest absolute Gasteiger partial charge is 0.0923 e. The molecule has 0 radical (unpaired) electrons. The highest BCUT2D eigenvalue weighted by molar-refractivity contribution is 5.96. The number of rotatable bonds is 4. The Morgan fingerprint density at radius 2 is 1.68 bits per heavy atom. The summed E-state index contributed by atoms with van der Waals surface area (Å²) >= 11 is 0. The van der Waals surface area contributed by atoms with E-state index < -0.39 is 0 Å². The third-order valence-electron chi connectivity index (χ3n) is 4.83. The minimum Gasteiger partial charge on any atom is -0.266 e. The Balaban J connectivity index is 1.50. The van der Waals surface area contributed by atoms with Gasteiger partial charge in [-0.2, -0.15) is 5.10 Å². The summed E-state index contributed by atoms with van der Waals surface area (Å²) in [6, 6.07) is 24.8. The quantitative estimate of drug-likeness (QED) is 0.441. The largest absolute Gasteiger partial charge is 0.266 e. The van der Waals surface area contributed by atoms with Gasteiger partial charge in [0.2, 0.25) is 0 Å². The van der Waals surface area contributed by atoms with Gasteiger partial charge < -0.3 is 0 Å². The molecule has 0 fully saturated rings. The van der Waals surface area contributed by atoms with Crippen LogP contribution >= 0.6 is 0 Å². The maximum atomic E-state index is 4.73. The van der Waals surface area contributed by atoms with Crippen molar-refractivity contribution in [3.8, 4) is 22.4 Å². The summed E-state index contributed by atoms with van der Waals surface area (Å²) in [4.78, 5) is 8.79. The van der Waals surface area contributed by atoms with E-state index in [1.807, 2.05) is 53.6 Å². The van der Waals surface area contributed by atoms with Gasteiger partial charge in [0.15, 0.2) is 0 Å². The highest BCUT2D eigenvalue weighted by Crippen LogP contribution is 2.30. The highest BCUT2D eigenvalue weighted by Gasteiger charge is 2.08. The van der Waals surface area contributed by atoms with Gasteiger partial charge in [-0.15, -0.1) is 0 Å². The van der Waals surface area contributed by atoms with Crippen LogP contribution in [-0.4, -0.2) is 19.7 Å². The molecule has 4 nitrogen and oxygen atoms in total. The molecule has 5 aromatic rings. The van der Waals surface area contributed by atoms with Crippen molar-refractivity contribution in [3.63, 3.8) is 0 Å². The topological polar surface area (TPSA) is 43.6 Å². The fourth-order valence-corrected chi connectivity index (χ4v) is 3.45. The molecule has 0 N–H and O–H groups in total. The zero-order valence-corrected chi connectivity index (χ0v) is 15.2. The lowest BCUT2D eigenvalue weighted by molar-refractivity contribution is 0.675. The van der Waals surface area contributed by atoms with Gasteiger partial charge in [0.25, 0.3) is 0 Å². The van der Waals surface area contributed by atoms with Crippen molar-refractivity contribution < 1.29 is 0 Å². The number of aromatic nitrogens is 4.